The Bertz CT molecular complexity index is 445. The number of benzene rings is 1. The Balaban J connectivity index is 2.29. The number of hydrogen-bond acceptors (Lipinski definition) is 1. The molecule has 0 atom stereocenters. The van der Waals surface area contributed by atoms with Gasteiger partial charge in [0, 0.05) is 12.1 Å². The van der Waals surface area contributed by atoms with Crippen molar-refractivity contribution in [3.8, 4) is 0 Å². The SMILES string of the molecule is C/C=C(\C)c1ccc(C(=O)NCCCCCCCC)cc1. The molecule has 21 heavy (non-hydrogen) atoms. The van der Waals surface area contributed by atoms with Crippen LogP contribution in [0.15, 0.2) is 30.3 Å². The molecule has 116 valence electrons. The van der Waals surface area contributed by atoms with Crippen molar-refractivity contribution in [2.24, 2.45) is 0 Å². The molecule has 1 amide bonds. The molecule has 0 saturated heterocycles. The van der Waals surface area contributed by atoms with Gasteiger partial charge in [-0.25, -0.2) is 0 Å². The Morgan fingerprint density at radius 3 is 2.19 bits per heavy atom. The summed E-state index contributed by atoms with van der Waals surface area (Å²) in [6, 6.07) is 7.82. The molecule has 1 aromatic carbocycles. The van der Waals surface area contributed by atoms with Crippen LogP contribution < -0.4 is 5.32 Å². The normalized spacial score (nSPS) is 11.5. The molecule has 1 aromatic rings. The summed E-state index contributed by atoms with van der Waals surface area (Å²) < 4.78 is 0. The molecule has 0 aliphatic rings. The summed E-state index contributed by atoms with van der Waals surface area (Å²) >= 11 is 0. The molecule has 0 radical (unpaired) electrons. The van der Waals surface area contributed by atoms with E-state index >= 15 is 0 Å². The van der Waals surface area contributed by atoms with Crippen LogP contribution in [0.4, 0.5) is 0 Å². The first-order valence-electron chi connectivity index (χ1n) is 8.20. The predicted molar refractivity (Wildman–Crippen MR) is 91.5 cm³/mol. The second-order valence-electron chi connectivity index (χ2n) is 5.57. The highest BCUT2D eigenvalue weighted by Gasteiger charge is 2.04. The second kappa shape index (κ2) is 10.2. The summed E-state index contributed by atoms with van der Waals surface area (Å²) in [4.78, 5) is 12.0. The number of carbonyl (C=O) groups is 1. The van der Waals surface area contributed by atoms with Gasteiger partial charge in [-0.05, 0) is 43.5 Å². The van der Waals surface area contributed by atoms with Crippen LogP contribution in [0.2, 0.25) is 0 Å². The second-order valence-corrected chi connectivity index (χ2v) is 5.57. The van der Waals surface area contributed by atoms with Crippen molar-refractivity contribution in [1.82, 2.24) is 5.32 Å². The van der Waals surface area contributed by atoms with Crippen molar-refractivity contribution in [2.75, 3.05) is 6.54 Å². The zero-order chi connectivity index (χ0) is 15.5. The monoisotopic (exact) mass is 287 g/mol. The number of allylic oxidation sites excluding steroid dienone is 2. The Labute approximate surface area is 129 Å². The largest absolute Gasteiger partial charge is 0.352 e. The number of unbranched alkanes of at least 4 members (excludes halogenated alkanes) is 5. The van der Waals surface area contributed by atoms with E-state index in [1.54, 1.807) is 0 Å². The van der Waals surface area contributed by atoms with Crippen LogP contribution in [0.3, 0.4) is 0 Å². The molecule has 0 fully saturated rings. The average molecular weight is 287 g/mol. The summed E-state index contributed by atoms with van der Waals surface area (Å²) in [7, 11) is 0. The topological polar surface area (TPSA) is 29.1 Å². The summed E-state index contributed by atoms with van der Waals surface area (Å²) in [6.45, 7) is 7.11. The van der Waals surface area contributed by atoms with E-state index in [0.717, 1.165) is 18.5 Å². The molecule has 0 aromatic heterocycles. The number of nitrogens with one attached hydrogen (secondary N) is 1. The maximum absolute atomic E-state index is 12.0. The van der Waals surface area contributed by atoms with Crippen LogP contribution in [0.1, 0.15) is 75.2 Å². The van der Waals surface area contributed by atoms with Crippen molar-refractivity contribution in [3.63, 3.8) is 0 Å². The first-order valence-corrected chi connectivity index (χ1v) is 8.20. The molecule has 2 nitrogen and oxygen atoms in total. The van der Waals surface area contributed by atoms with Gasteiger partial charge in [0.2, 0.25) is 0 Å². The lowest BCUT2D eigenvalue weighted by atomic mass is 10.0. The van der Waals surface area contributed by atoms with Crippen molar-refractivity contribution in [3.05, 3.63) is 41.5 Å². The Morgan fingerprint density at radius 2 is 1.57 bits per heavy atom. The zero-order valence-corrected chi connectivity index (χ0v) is 13.7. The van der Waals surface area contributed by atoms with E-state index in [1.165, 1.54) is 43.2 Å². The van der Waals surface area contributed by atoms with E-state index in [-0.39, 0.29) is 5.91 Å². The van der Waals surface area contributed by atoms with E-state index in [9.17, 15) is 4.79 Å². The fourth-order valence-corrected chi connectivity index (χ4v) is 2.26. The molecule has 0 heterocycles. The molecule has 0 spiro atoms. The summed E-state index contributed by atoms with van der Waals surface area (Å²) in [5.74, 6) is 0.0354. The number of rotatable bonds is 9. The molecular weight excluding hydrogens is 258 g/mol. The van der Waals surface area contributed by atoms with E-state index < -0.39 is 0 Å². The molecule has 2 heteroatoms. The fraction of sp³-hybridized carbons (Fsp3) is 0.526. The molecule has 1 rings (SSSR count). The lowest BCUT2D eigenvalue weighted by Crippen LogP contribution is -2.24. The standard InChI is InChI=1S/C19H29NO/c1-4-6-7-8-9-10-15-20-19(21)18-13-11-17(12-14-18)16(3)5-2/h5,11-14H,4,6-10,15H2,1-3H3,(H,20,21)/b16-5+. The summed E-state index contributed by atoms with van der Waals surface area (Å²) in [5, 5.41) is 3.00. The third-order valence-electron chi connectivity index (χ3n) is 3.85. The molecule has 0 aliphatic carbocycles. The highest BCUT2D eigenvalue weighted by Crippen LogP contribution is 2.14. The molecular formula is C19H29NO. The first-order chi connectivity index (χ1) is 10.2. The van der Waals surface area contributed by atoms with Crippen molar-refractivity contribution in [2.45, 2.75) is 59.3 Å². The molecule has 1 N–H and O–H groups in total. The van der Waals surface area contributed by atoms with Crippen molar-refractivity contribution in [1.29, 1.82) is 0 Å². The van der Waals surface area contributed by atoms with Gasteiger partial charge in [-0.3, -0.25) is 4.79 Å². The number of hydrogen-bond donors (Lipinski definition) is 1. The Morgan fingerprint density at radius 1 is 1.00 bits per heavy atom. The third-order valence-corrected chi connectivity index (χ3v) is 3.85. The van der Waals surface area contributed by atoms with E-state index in [4.69, 9.17) is 0 Å². The van der Waals surface area contributed by atoms with Crippen LogP contribution in [0.5, 0.6) is 0 Å². The first kappa shape index (κ1) is 17.5. The van der Waals surface area contributed by atoms with Gasteiger partial charge < -0.3 is 5.32 Å². The van der Waals surface area contributed by atoms with E-state index in [2.05, 4.69) is 25.2 Å². The maximum atomic E-state index is 12.0. The maximum Gasteiger partial charge on any atom is 0.251 e. The molecule has 0 bridgehead atoms. The lowest BCUT2D eigenvalue weighted by Gasteiger charge is -2.06. The minimum absolute atomic E-state index is 0.0354. The van der Waals surface area contributed by atoms with Gasteiger partial charge in [0.05, 0.1) is 0 Å². The smallest absolute Gasteiger partial charge is 0.251 e. The number of carbonyl (C=O) groups excluding carboxylic acids is 1. The van der Waals surface area contributed by atoms with Crippen LogP contribution in [-0.4, -0.2) is 12.5 Å². The third kappa shape index (κ3) is 6.61. The number of amides is 1. The van der Waals surface area contributed by atoms with E-state index in [1.807, 2.05) is 31.2 Å². The van der Waals surface area contributed by atoms with Gasteiger partial charge in [-0.1, -0.05) is 57.2 Å². The molecule has 0 unspecified atom stereocenters. The molecule has 0 aliphatic heterocycles. The molecule has 0 saturated carbocycles. The van der Waals surface area contributed by atoms with Crippen LogP contribution in [0, 0.1) is 0 Å². The Kier molecular flexibility index (Phi) is 8.49. The highest BCUT2D eigenvalue weighted by molar-refractivity contribution is 5.94. The van der Waals surface area contributed by atoms with Crippen LogP contribution in [-0.2, 0) is 0 Å². The van der Waals surface area contributed by atoms with Crippen molar-refractivity contribution < 1.29 is 4.79 Å². The predicted octanol–water partition coefficient (Wildman–Crippen LogP) is 5.20. The van der Waals surface area contributed by atoms with Gasteiger partial charge in [0.1, 0.15) is 0 Å². The van der Waals surface area contributed by atoms with E-state index in [0.29, 0.717) is 0 Å². The summed E-state index contributed by atoms with van der Waals surface area (Å²) in [5.41, 5.74) is 3.15. The van der Waals surface area contributed by atoms with Gasteiger partial charge >= 0.3 is 0 Å². The Hall–Kier alpha value is -1.57. The minimum atomic E-state index is 0.0354. The van der Waals surface area contributed by atoms with Gasteiger partial charge in [-0.15, -0.1) is 0 Å². The van der Waals surface area contributed by atoms with Crippen LogP contribution in [0.25, 0.3) is 5.57 Å². The van der Waals surface area contributed by atoms with Crippen LogP contribution >= 0.6 is 0 Å². The van der Waals surface area contributed by atoms with Gasteiger partial charge in [0.15, 0.2) is 0 Å². The minimum Gasteiger partial charge on any atom is -0.352 e. The average Bonchev–Trinajstić information content (AvgIpc) is 2.53. The fourth-order valence-electron chi connectivity index (χ4n) is 2.26. The quantitative estimate of drug-likeness (QED) is 0.621. The zero-order valence-electron chi connectivity index (χ0n) is 13.7. The lowest BCUT2D eigenvalue weighted by molar-refractivity contribution is 0.0953. The summed E-state index contributed by atoms with van der Waals surface area (Å²) in [6.07, 6.45) is 9.56. The van der Waals surface area contributed by atoms with Crippen molar-refractivity contribution >= 4 is 11.5 Å². The highest BCUT2D eigenvalue weighted by atomic mass is 16.1. The van der Waals surface area contributed by atoms with Gasteiger partial charge in [0.25, 0.3) is 5.91 Å². The van der Waals surface area contributed by atoms with Gasteiger partial charge in [-0.2, -0.15) is 0 Å².